The highest BCUT2D eigenvalue weighted by Crippen LogP contribution is 2.29. The molecule has 3 aromatic rings. The first-order valence-corrected chi connectivity index (χ1v) is 9.48. The molecule has 0 aliphatic rings. The fraction of sp³-hybridized carbons (Fsp3) is 0.227. The Morgan fingerprint density at radius 3 is 2.50 bits per heavy atom. The Morgan fingerprint density at radius 2 is 1.80 bits per heavy atom. The molecule has 2 aromatic carbocycles. The summed E-state index contributed by atoms with van der Waals surface area (Å²) < 4.78 is 10.8. The van der Waals surface area contributed by atoms with E-state index < -0.39 is 6.04 Å². The summed E-state index contributed by atoms with van der Waals surface area (Å²) in [5.74, 6) is 1.60. The maximum Gasteiger partial charge on any atom is 0.241 e. The second kappa shape index (κ2) is 9.71. The molecule has 8 nitrogen and oxygen atoms in total. The minimum atomic E-state index is -0.556. The van der Waals surface area contributed by atoms with E-state index in [2.05, 4.69) is 15.8 Å². The number of nitrogens with zero attached hydrogens (tertiary/aromatic N) is 2. The molecule has 30 heavy (non-hydrogen) atoms. The average Bonchev–Trinajstić information content (AvgIpc) is 3.13. The molecule has 0 aliphatic carbocycles. The number of rotatable bonds is 8. The van der Waals surface area contributed by atoms with Crippen LogP contribution in [0.4, 0.5) is 11.5 Å². The van der Waals surface area contributed by atoms with Gasteiger partial charge in [-0.1, -0.05) is 35.5 Å². The third-order valence-electron chi connectivity index (χ3n) is 4.45. The number of hydrogen-bond donors (Lipinski definition) is 2. The molecule has 0 radical (unpaired) electrons. The molecule has 1 aromatic heterocycles. The number of benzene rings is 2. The molecule has 8 heteroatoms. The summed E-state index contributed by atoms with van der Waals surface area (Å²) in [7, 11) is 1.70. The van der Waals surface area contributed by atoms with Crippen molar-refractivity contribution < 1.29 is 18.8 Å². The van der Waals surface area contributed by atoms with Crippen LogP contribution in [0.2, 0.25) is 0 Å². The Bertz CT molecular complexity index is 1000. The van der Waals surface area contributed by atoms with Crippen molar-refractivity contribution in [2.75, 3.05) is 24.2 Å². The number of hydrogen-bond acceptors (Lipinski definition) is 6. The minimum Gasteiger partial charge on any atom is -0.455 e. The highest BCUT2D eigenvalue weighted by molar-refractivity contribution is 5.97. The zero-order valence-corrected chi connectivity index (χ0v) is 17.1. The van der Waals surface area contributed by atoms with Gasteiger partial charge in [0, 0.05) is 6.07 Å². The molecule has 0 fully saturated rings. The number of carbonyl (C=O) groups excluding carboxylic acids is 2. The van der Waals surface area contributed by atoms with Crippen LogP contribution in [0.1, 0.15) is 12.7 Å². The van der Waals surface area contributed by atoms with Crippen LogP contribution in [0, 0.1) is 6.92 Å². The maximum absolute atomic E-state index is 12.7. The number of nitrogens with one attached hydrogen (secondary N) is 2. The smallest absolute Gasteiger partial charge is 0.241 e. The quantitative estimate of drug-likeness (QED) is 0.590. The molecule has 0 aliphatic heterocycles. The van der Waals surface area contributed by atoms with Gasteiger partial charge in [0.2, 0.25) is 11.8 Å². The minimum absolute atomic E-state index is 0.0165. The Kier molecular flexibility index (Phi) is 6.82. The fourth-order valence-electron chi connectivity index (χ4n) is 2.68. The van der Waals surface area contributed by atoms with Crippen LogP contribution in [-0.4, -0.2) is 41.5 Å². The van der Waals surface area contributed by atoms with Crippen molar-refractivity contribution in [2.24, 2.45) is 0 Å². The lowest BCUT2D eigenvalue weighted by Crippen LogP contribution is -2.43. The molecule has 0 spiro atoms. The second-order valence-electron chi connectivity index (χ2n) is 6.86. The fourth-order valence-corrected chi connectivity index (χ4v) is 2.68. The van der Waals surface area contributed by atoms with E-state index in [-0.39, 0.29) is 18.4 Å². The number of aryl methyl sites for hydroxylation is 1. The largest absolute Gasteiger partial charge is 0.455 e. The van der Waals surface area contributed by atoms with Gasteiger partial charge in [0.25, 0.3) is 0 Å². The van der Waals surface area contributed by atoms with Gasteiger partial charge in [0.1, 0.15) is 11.5 Å². The summed E-state index contributed by atoms with van der Waals surface area (Å²) in [5, 5.41) is 9.23. The van der Waals surface area contributed by atoms with Crippen molar-refractivity contribution in [2.45, 2.75) is 19.9 Å². The molecule has 0 saturated heterocycles. The number of likely N-dealkylation sites (N-methyl/N-ethyl adjacent to an activating group) is 1. The Hall–Kier alpha value is -3.65. The van der Waals surface area contributed by atoms with Gasteiger partial charge >= 0.3 is 0 Å². The lowest BCUT2D eigenvalue weighted by atomic mass is 10.2. The van der Waals surface area contributed by atoms with Gasteiger partial charge in [-0.2, -0.15) is 0 Å². The van der Waals surface area contributed by atoms with E-state index >= 15 is 0 Å². The van der Waals surface area contributed by atoms with Crippen LogP contribution in [0.3, 0.4) is 0 Å². The van der Waals surface area contributed by atoms with Crippen molar-refractivity contribution in [1.82, 2.24) is 10.1 Å². The number of anilines is 2. The maximum atomic E-state index is 12.7. The van der Waals surface area contributed by atoms with E-state index in [0.29, 0.717) is 28.8 Å². The van der Waals surface area contributed by atoms with Crippen LogP contribution in [0.15, 0.2) is 65.2 Å². The van der Waals surface area contributed by atoms with E-state index in [4.69, 9.17) is 9.26 Å². The van der Waals surface area contributed by atoms with Crippen molar-refractivity contribution >= 4 is 23.3 Å². The number of carbonyl (C=O) groups is 2. The highest BCUT2D eigenvalue weighted by atomic mass is 16.5. The van der Waals surface area contributed by atoms with Gasteiger partial charge in [0.05, 0.1) is 18.3 Å². The predicted octanol–water partition coefficient (Wildman–Crippen LogP) is 3.67. The lowest BCUT2D eigenvalue weighted by molar-refractivity contribution is -0.122. The molecule has 3 rings (SSSR count). The van der Waals surface area contributed by atoms with Crippen LogP contribution in [-0.2, 0) is 9.59 Å². The van der Waals surface area contributed by atoms with Gasteiger partial charge in [-0.3, -0.25) is 14.5 Å². The Morgan fingerprint density at radius 1 is 1.10 bits per heavy atom. The normalized spacial score (nSPS) is 11.7. The molecule has 1 atom stereocenters. The number of para-hydroxylation sites is 3. The highest BCUT2D eigenvalue weighted by Gasteiger charge is 2.21. The van der Waals surface area contributed by atoms with Gasteiger partial charge < -0.3 is 19.9 Å². The van der Waals surface area contributed by atoms with Gasteiger partial charge in [-0.05, 0) is 45.2 Å². The second-order valence-corrected chi connectivity index (χ2v) is 6.86. The number of ether oxygens (including phenoxy) is 1. The zero-order valence-electron chi connectivity index (χ0n) is 17.1. The Balaban J connectivity index is 1.59. The van der Waals surface area contributed by atoms with Crippen molar-refractivity contribution in [3.05, 3.63) is 66.4 Å². The average molecular weight is 408 g/mol. The van der Waals surface area contributed by atoms with E-state index in [0.717, 1.165) is 0 Å². The molecular formula is C22H24N4O4. The summed E-state index contributed by atoms with van der Waals surface area (Å²) in [5.41, 5.74) is 0.550. The van der Waals surface area contributed by atoms with Gasteiger partial charge in [-0.25, -0.2) is 0 Å². The van der Waals surface area contributed by atoms with E-state index in [1.54, 1.807) is 44.0 Å². The first-order chi connectivity index (χ1) is 14.4. The van der Waals surface area contributed by atoms with Crippen LogP contribution in [0.25, 0.3) is 0 Å². The molecule has 2 N–H and O–H groups in total. The molecular weight excluding hydrogens is 384 g/mol. The van der Waals surface area contributed by atoms with Crippen LogP contribution < -0.4 is 15.4 Å². The third kappa shape index (κ3) is 5.68. The molecule has 1 heterocycles. The molecule has 0 bridgehead atoms. The molecule has 2 amide bonds. The summed E-state index contributed by atoms with van der Waals surface area (Å²) in [6.07, 6.45) is 0. The lowest BCUT2D eigenvalue weighted by Gasteiger charge is -2.23. The summed E-state index contributed by atoms with van der Waals surface area (Å²) in [6.45, 7) is 3.48. The van der Waals surface area contributed by atoms with E-state index in [1.807, 2.05) is 42.5 Å². The first kappa shape index (κ1) is 21.1. The Labute approximate surface area is 174 Å². The van der Waals surface area contributed by atoms with Crippen LogP contribution >= 0.6 is 0 Å². The first-order valence-electron chi connectivity index (χ1n) is 9.48. The van der Waals surface area contributed by atoms with Gasteiger partial charge in [-0.15, -0.1) is 0 Å². The summed E-state index contributed by atoms with van der Waals surface area (Å²) in [6, 6.07) is 17.6. The standard InChI is InChI=1S/C22H24N4O4/c1-15-13-20(25-30-15)24-21(27)14-26(3)16(2)22(28)23-18-11-7-8-12-19(18)29-17-9-5-4-6-10-17/h4-13,16H,14H2,1-3H3,(H,23,28)(H,24,25,27). The monoisotopic (exact) mass is 408 g/mol. The number of aromatic nitrogens is 1. The van der Waals surface area contributed by atoms with E-state index in [9.17, 15) is 9.59 Å². The van der Waals surface area contributed by atoms with Gasteiger partial charge in [0.15, 0.2) is 11.6 Å². The predicted molar refractivity (Wildman–Crippen MR) is 114 cm³/mol. The third-order valence-corrected chi connectivity index (χ3v) is 4.45. The SMILES string of the molecule is Cc1cc(NC(=O)CN(C)C(C)C(=O)Nc2ccccc2Oc2ccccc2)no1. The molecule has 156 valence electrons. The van der Waals surface area contributed by atoms with Crippen molar-refractivity contribution in [1.29, 1.82) is 0 Å². The zero-order chi connectivity index (χ0) is 21.5. The topological polar surface area (TPSA) is 96.7 Å². The summed E-state index contributed by atoms with van der Waals surface area (Å²) in [4.78, 5) is 26.6. The van der Waals surface area contributed by atoms with Crippen molar-refractivity contribution in [3.63, 3.8) is 0 Å². The summed E-state index contributed by atoms with van der Waals surface area (Å²) >= 11 is 0. The molecule has 0 saturated carbocycles. The number of amides is 2. The molecule has 1 unspecified atom stereocenters. The van der Waals surface area contributed by atoms with E-state index in [1.165, 1.54) is 0 Å². The van der Waals surface area contributed by atoms with Crippen molar-refractivity contribution in [3.8, 4) is 11.5 Å². The van der Waals surface area contributed by atoms with Crippen LogP contribution in [0.5, 0.6) is 11.5 Å².